The van der Waals surface area contributed by atoms with Crippen LogP contribution in [0.15, 0.2) is 0 Å². The van der Waals surface area contributed by atoms with Crippen LogP contribution in [0, 0.1) is 0 Å². The second-order valence-electron chi connectivity index (χ2n) is 0. The van der Waals surface area contributed by atoms with Gasteiger partial charge in [-0.05, 0) is 0 Å². The SMILES string of the molecule is [Nb].[Si].[Ta].[Ti].[Zr]. The fourth-order valence-electron chi connectivity index (χ4n) is 0. The third kappa shape index (κ3) is 18.8. The van der Waals surface area contributed by atoms with Crippen molar-refractivity contribution in [1.29, 1.82) is 0 Å². The van der Waals surface area contributed by atoms with Crippen molar-refractivity contribution in [3.8, 4) is 0 Å². The van der Waals surface area contributed by atoms with Crippen LogP contribution in [-0.2, 0) is 92.7 Å². The molecule has 0 aromatic rings. The summed E-state index contributed by atoms with van der Waals surface area (Å²) in [5, 5.41) is 0. The first kappa shape index (κ1) is 40.7. The maximum absolute atomic E-state index is 0. The molecule has 0 bridgehead atoms. The first-order valence-electron chi connectivity index (χ1n) is 0. The van der Waals surface area contributed by atoms with Gasteiger partial charge in [-0.1, -0.05) is 0 Å². The van der Waals surface area contributed by atoms with Gasteiger partial charge in [0.25, 0.3) is 0 Å². The van der Waals surface area contributed by atoms with E-state index in [-0.39, 0.29) is 104 Å². The smallest absolute Gasteiger partial charge is 0 e. The van der Waals surface area contributed by atoms with Crippen LogP contribution in [0.25, 0.3) is 0 Å². The summed E-state index contributed by atoms with van der Waals surface area (Å²) in [6.45, 7) is 0. The van der Waals surface area contributed by atoms with Crippen molar-refractivity contribution in [2.24, 2.45) is 0 Å². The Bertz CT molecular complexity index is 11.6. The average molecular weight is 441 g/mol. The molecule has 0 saturated carbocycles. The Morgan fingerprint density at radius 2 is 1.00 bits per heavy atom. The van der Waals surface area contributed by atoms with Crippen LogP contribution in [0.2, 0.25) is 0 Å². The Balaban J connectivity index is 0. The minimum absolute atomic E-state index is 0. The molecule has 0 saturated heterocycles. The summed E-state index contributed by atoms with van der Waals surface area (Å²) in [5.41, 5.74) is 0. The summed E-state index contributed by atoms with van der Waals surface area (Å²) in [4.78, 5) is 0. The minimum atomic E-state index is 0. The normalized spacial score (nSPS) is 0. The van der Waals surface area contributed by atoms with E-state index in [4.69, 9.17) is 0 Å². The van der Waals surface area contributed by atoms with E-state index in [9.17, 15) is 0 Å². The van der Waals surface area contributed by atoms with Crippen LogP contribution in [-0.4, -0.2) is 11.0 Å². The molecule has 22 valence electrons. The topological polar surface area (TPSA) is 0 Å². The monoisotopic (exact) mass is 440 g/mol. The van der Waals surface area contributed by atoms with Gasteiger partial charge in [0.15, 0.2) is 0 Å². The van der Waals surface area contributed by atoms with E-state index in [0.717, 1.165) is 0 Å². The van der Waals surface area contributed by atoms with E-state index in [1.165, 1.54) is 0 Å². The zero-order valence-electron chi connectivity index (χ0n) is 2.39. The molecule has 0 fully saturated rings. The van der Waals surface area contributed by atoms with Crippen molar-refractivity contribution in [2.75, 3.05) is 0 Å². The molecular weight excluding hydrogens is 441 g/mol. The summed E-state index contributed by atoms with van der Waals surface area (Å²) in [6.07, 6.45) is 0. The molecule has 0 aliphatic rings. The molecule has 0 nitrogen and oxygen atoms in total. The van der Waals surface area contributed by atoms with Gasteiger partial charge in [-0.25, -0.2) is 0 Å². The zero-order valence-corrected chi connectivity index (χ0v) is 12.8. The number of rotatable bonds is 0. The first-order chi connectivity index (χ1) is 0. The summed E-state index contributed by atoms with van der Waals surface area (Å²) < 4.78 is 0. The fourth-order valence-corrected chi connectivity index (χ4v) is 0. The molecule has 5 heteroatoms. The van der Waals surface area contributed by atoms with Crippen LogP contribution in [0.1, 0.15) is 0 Å². The summed E-state index contributed by atoms with van der Waals surface area (Å²) in [7, 11) is 0. The molecule has 0 heterocycles. The molecular formula is NbSiTaTiZr. The standard InChI is InChI=1S/Nb.Si.Ta.Ti.Zr. The molecule has 5 heavy (non-hydrogen) atoms. The summed E-state index contributed by atoms with van der Waals surface area (Å²) in [5.74, 6) is 0. The minimum Gasteiger partial charge on any atom is 0 e. The molecule has 0 N–H and O–H groups in total. The van der Waals surface area contributed by atoms with Gasteiger partial charge in [0.1, 0.15) is 0 Å². The van der Waals surface area contributed by atoms with Crippen molar-refractivity contribution in [3.05, 3.63) is 0 Å². The predicted molar refractivity (Wildman–Crippen MR) is 5.75 cm³/mol. The zero-order chi connectivity index (χ0) is 0. The summed E-state index contributed by atoms with van der Waals surface area (Å²) >= 11 is 0. The van der Waals surface area contributed by atoms with E-state index >= 15 is 0 Å². The maximum Gasteiger partial charge on any atom is 0 e. The molecule has 0 unspecified atom stereocenters. The average Bonchev–Trinajstić information content (AvgIpc) is 0. The number of hydrogen-bond acceptors (Lipinski definition) is 0. The molecule has 0 spiro atoms. The maximum atomic E-state index is 0. The van der Waals surface area contributed by atoms with Gasteiger partial charge in [-0.2, -0.15) is 0 Å². The molecule has 0 aromatic carbocycles. The van der Waals surface area contributed by atoms with Gasteiger partial charge in [-0.15, -0.1) is 0 Å². The first-order valence-corrected chi connectivity index (χ1v) is 0. The van der Waals surface area contributed by atoms with E-state index in [1.54, 1.807) is 0 Å². The molecule has 0 aliphatic heterocycles. The molecule has 6 radical (unpaired) electrons. The van der Waals surface area contributed by atoms with E-state index in [2.05, 4.69) is 0 Å². The molecule has 0 atom stereocenters. The molecule has 0 amide bonds. The summed E-state index contributed by atoms with van der Waals surface area (Å²) in [6, 6.07) is 0. The quantitative estimate of drug-likeness (QED) is 0.450. The van der Waals surface area contributed by atoms with Crippen LogP contribution in [0.3, 0.4) is 0 Å². The second kappa shape index (κ2) is 26.6. The molecule has 0 aliphatic carbocycles. The largest absolute Gasteiger partial charge is 0 e. The van der Waals surface area contributed by atoms with Gasteiger partial charge in [0.05, 0.1) is 0 Å². The Labute approximate surface area is 102 Å². The van der Waals surface area contributed by atoms with Gasteiger partial charge in [-0.3, -0.25) is 0 Å². The van der Waals surface area contributed by atoms with Gasteiger partial charge in [0.2, 0.25) is 0 Å². The van der Waals surface area contributed by atoms with Crippen LogP contribution < -0.4 is 0 Å². The van der Waals surface area contributed by atoms with E-state index in [1.807, 2.05) is 0 Å². The number of hydrogen-bond donors (Lipinski definition) is 0. The Morgan fingerprint density at radius 3 is 1.00 bits per heavy atom. The van der Waals surface area contributed by atoms with E-state index in [0.29, 0.717) is 0 Å². The van der Waals surface area contributed by atoms with E-state index < -0.39 is 0 Å². The van der Waals surface area contributed by atoms with Crippen molar-refractivity contribution in [1.82, 2.24) is 0 Å². The van der Waals surface area contributed by atoms with Crippen molar-refractivity contribution in [3.63, 3.8) is 0 Å². The van der Waals surface area contributed by atoms with Crippen molar-refractivity contribution < 1.29 is 92.7 Å². The molecule has 0 rings (SSSR count). The van der Waals surface area contributed by atoms with Crippen LogP contribution in [0.4, 0.5) is 0 Å². The Morgan fingerprint density at radius 1 is 1.00 bits per heavy atom. The fraction of sp³-hybridized carbons (Fsp3) is 0. The van der Waals surface area contributed by atoms with Gasteiger partial charge in [0, 0.05) is 104 Å². The second-order valence-corrected chi connectivity index (χ2v) is 0. The third-order valence-electron chi connectivity index (χ3n) is 0. The van der Waals surface area contributed by atoms with Gasteiger partial charge >= 0.3 is 0 Å². The van der Waals surface area contributed by atoms with Crippen LogP contribution >= 0.6 is 0 Å². The predicted octanol–water partition coefficient (Wildman–Crippen LogP) is -0.391. The van der Waals surface area contributed by atoms with Crippen molar-refractivity contribution >= 4 is 11.0 Å². The Hall–Kier alpha value is 3.29. The van der Waals surface area contributed by atoms with Crippen LogP contribution in [0.5, 0.6) is 0 Å². The van der Waals surface area contributed by atoms with Gasteiger partial charge < -0.3 is 0 Å². The van der Waals surface area contributed by atoms with Crippen molar-refractivity contribution in [2.45, 2.75) is 0 Å². The third-order valence-corrected chi connectivity index (χ3v) is 0. The Kier molecular flexibility index (Phi) is 217. The molecule has 0 aromatic heterocycles.